The minimum atomic E-state index is -0.547. The third-order valence-corrected chi connectivity index (χ3v) is 11.3. The number of hydrogen-bond acceptors (Lipinski definition) is 7. The van der Waals surface area contributed by atoms with Gasteiger partial charge in [0.2, 0.25) is 5.78 Å². The molecule has 0 spiro atoms. The number of ketones is 1. The molecule has 4 rings (SSSR count). The number of hydrogen-bond donors (Lipinski definition) is 0. The van der Waals surface area contributed by atoms with Crippen LogP contribution < -0.4 is 0 Å². The van der Waals surface area contributed by atoms with E-state index in [1.54, 1.807) is 14.2 Å². The van der Waals surface area contributed by atoms with Gasteiger partial charge in [0.1, 0.15) is 13.6 Å². The molecule has 8 nitrogen and oxygen atoms in total. The van der Waals surface area contributed by atoms with Gasteiger partial charge in [0, 0.05) is 38.9 Å². The number of carbonyl (C=O) groups is 2. The van der Waals surface area contributed by atoms with E-state index in [2.05, 4.69) is 25.6 Å². The van der Waals surface area contributed by atoms with E-state index in [4.69, 9.17) is 30.3 Å². The fourth-order valence-corrected chi connectivity index (χ4v) is 9.44. The van der Waals surface area contributed by atoms with E-state index < -0.39 is 6.04 Å². The highest BCUT2D eigenvalue weighted by Crippen LogP contribution is 2.69. The molecule has 11 atom stereocenters. The molecule has 0 heterocycles. The Bertz CT molecular complexity index is 904. The summed E-state index contributed by atoms with van der Waals surface area (Å²) in [6.07, 6.45) is 6.15. The first-order valence-corrected chi connectivity index (χ1v) is 14.3. The van der Waals surface area contributed by atoms with Crippen molar-refractivity contribution in [1.29, 1.82) is 0 Å². The summed E-state index contributed by atoms with van der Waals surface area (Å²) in [6, 6.07) is -0.547. The highest BCUT2D eigenvalue weighted by molar-refractivity contribution is 5.87. The maximum absolute atomic E-state index is 12.8. The highest BCUT2D eigenvalue weighted by atomic mass is 16.7. The Morgan fingerprint density at radius 2 is 1.79 bits per heavy atom. The van der Waals surface area contributed by atoms with Crippen LogP contribution in [-0.2, 0) is 33.3 Å². The third kappa shape index (κ3) is 5.05. The van der Waals surface area contributed by atoms with Crippen molar-refractivity contribution in [3.05, 3.63) is 11.4 Å². The van der Waals surface area contributed by atoms with Crippen LogP contribution in [0.2, 0.25) is 0 Å². The normalized spacial score (nSPS) is 42.9. The van der Waals surface area contributed by atoms with Crippen LogP contribution in [0.3, 0.4) is 0 Å². The molecule has 0 aromatic rings. The first-order valence-electron chi connectivity index (χ1n) is 14.3. The summed E-state index contributed by atoms with van der Waals surface area (Å²) in [4.78, 5) is 28.5. The summed E-state index contributed by atoms with van der Waals surface area (Å²) in [6.45, 7) is 15.2. The maximum Gasteiger partial charge on any atom is 0.305 e. The number of rotatable bonds is 10. The van der Waals surface area contributed by atoms with Gasteiger partial charge in [-0.25, -0.2) is 6.57 Å². The molecule has 0 aliphatic heterocycles. The minimum absolute atomic E-state index is 0.00661. The molecule has 1 unspecified atom stereocenters. The van der Waals surface area contributed by atoms with Crippen molar-refractivity contribution in [3.63, 3.8) is 0 Å². The van der Waals surface area contributed by atoms with Crippen LogP contribution in [0.15, 0.2) is 0 Å². The van der Waals surface area contributed by atoms with Crippen molar-refractivity contribution in [3.8, 4) is 0 Å². The average Bonchev–Trinajstić information content (AvgIpc) is 3.27. The molecule has 8 heteroatoms. The lowest BCUT2D eigenvalue weighted by Crippen LogP contribution is -2.64. The minimum Gasteiger partial charge on any atom is -0.469 e. The largest absolute Gasteiger partial charge is 0.469 e. The summed E-state index contributed by atoms with van der Waals surface area (Å²) < 4.78 is 28.7. The number of fused-ring (bicyclic) bond motifs is 5. The van der Waals surface area contributed by atoms with Gasteiger partial charge in [-0.15, -0.1) is 0 Å². The van der Waals surface area contributed by atoms with Crippen LogP contribution >= 0.6 is 0 Å². The molecule has 0 bridgehead atoms. The molecule has 38 heavy (non-hydrogen) atoms. The lowest BCUT2D eigenvalue weighted by molar-refractivity contribution is -0.243. The fourth-order valence-electron chi connectivity index (χ4n) is 9.44. The van der Waals surface area contributed by atoms with Gasteiger partial charge < -0.3 is 28.5 Å². The molecule has 0 N–H and O–H groups in total. The smallest absolute Gasteiger partial charge is 0.305 e. The topological polar surface area (TPSA) is 84.7 Å². The quantitative estimate of drug-likeness (QED) is 0.224. The summed E-state index contributed by atoms with van der Waals surface area (Å²) >= 11 is 0. The number of ether oxygens (including phenoxy) is 5. The van der Waals surface area contributed by atoms with Gasteiger partial charge in [-0.3, -0.25) is 9.59 Å². The Balaban J connectivity index is 1.71. The van der Waals surface area contributed by atoms with Crippen molar-refractivity contribution in [2.45, 2.75) is 90.4 Å². The Labute approximate surface area is 228 Å². The lowest BCUT2D eigenvalue weighted by Gasteiger charge is -2.64. The Morgan fingerprint density at radius 1 is 1.08 bits per heavy atom. The molecule has 0 radical (unpaired) electrons. The highest BCUT2D eigenvalue weighted by Gasteiger charge is 2.67. The van der Waals surface area contributed by atoms with Crippen LogP contribution in [-0.4, -0.2) is 64.9 Å². The Morgan fingerprint density at radius 3 is 2.45 bits per heavy atom. The van der Waals surface area contributed by atoms with Crippen LogP contribution in [0.5, 0.6) is 0 Å². The van der Waals surface area contributed by atoms with Gasteiger partial charge in [-0.1, -0.05) is 20.8 Å². The van der Waals surface area contributed by atoms with E-state index in [0.29, 0.717) is 42.9 Å². The van der Waals surface area contributed by atoms with E-state index in [9.17, 15) is 9.59 Å². The van der Waals surface area contributed by atoms with Crippen molar-refractivity contribution in [1.82, 2.24) is 0 Å². The summed E-state index contributed by atoms with van der Waals surface area (Å²) in [5.41, 5.74) is -0.220. The number of carbonyl (C=O) groups excluding carboxylic acids is 2. The van der Waals surface area contributed by atoms with Crippen molar-refractivity contribution in [2.24, 2.45) is 46.3 Å². The Hall–Kier alpha value is -1.53. The summed E-state index contributed by atoms with van der Waals surface area (Å²) in [5.74, 6) is 1.82. The van der Waals surface area contributed by atoms with Gasteiger partial charge in [0.25, 0.3) is 6.04 Å². The first-order chi connectivity index (χ1) is 18.1. The molecule has 4 aliphatic carbocycles. The van der Waals surface area contributed by atoms with E-state index in [1.807, 2.05) is 0 Å². The number of esters is 1. The van der Waals surface area contributed by atoms with E-state index in [-0.39, 0.29) is 60.2 Å². The van der Waals surface area contributed by atoms with Crippen molar-refractivity contribution in [2.75, 3.05) is 34.9 Å². The lowest BCUT2D eigenvalue weighted by atomic mass is 9.42. The summed E-state index contributed by atoms with van der Waals surface area (Å²) in [5, 5.41) is 0. The van der Waals surface area contributed by atoms with Crippen LogP contribution in [0.25, 0.3) is 4.85 Å². The standard InChI is InChI=1S/C30H47NO7/c1-18(8-11-27(33)36-7)20-9-10-21-28-22(14-26(30(20,21)3)38-17-35-6)29(2)15-23(31-4)24(32)12-19(29)13-25(28)37-16-34-5/h18-23,25-26,28H,8-17H2,1-3,5-7H3/t18-,19+,20-,21+,22+,23?,25-,26+,28+,29+,30-/m1/s1. The van der Waals surface area contributed by atoms with Gasteiger partial charge in [0.15, 0.2) is 0 Å². The molecular weight excluding hydrogens is 486 g/mol. The molecule has 4 fully saturated rings. The second-order valence-corrected chi connectivity index (χ2v) is 12.8. The SMILES string of the molecule is [C-]#[N+]C1C[C@@]2(C)[C@@H](CC1=O)C[C@@H](OCOC)[C@@H]1[C@@H]2C[C@H](OCOC)[C@]2(C)[C@@H]([C@H](C)CCC(=O)OC)CC[C@@H]12. The number of methoxy groups -OCH3 is 3. The maximum atomic E-state index is 12.8. The zero-order valence-electron chi connectivity index (χ0n) is 24.1. The van der Waals surface area contributed by atoms with Crippen molar-refractivity contribution < 1.29 is 33.3 Å². The fraction of sp³-hybridized carbons (Fsp3) is 0.900. The van der Waals surface area contributed by atoms with Crippen LogP contribution in [0.4, 0.5) is 0 Å². The summed E-state index contributed by atoms with van der Waals surface area (Å²) in [7, 11) is 4.77. The monoisotopic (exact) mass is 533 g/mol. The van der Waals surface area contributed by atoms with Crippen LogP contribution in [0, 0.1) is 52.9 Å². The zero-order chi connectivity index (χ0) is 27.7. The molecule has 214 valence electrons. The molecule has 0 aromatic carbocycles. The van der Waals surface area contributed by atoms with E-state index in [0.717, 1.165) is 32.1 Å². The predicted molar refractivity (Wildman–Crippen MR) is 141 cm³/mol. The van der Waals surface area contributed by atoms with Gasteiger partial charge in [0.05, 0.1) is 19.3 Å². The molecule has 4 aliphatic rings. The third-order valence-electron chi connectivity index (χ3n) is 11.3. The van der Waals surface area contributed by atoms with Gasteiger partial charge in [-0.05, 0) is 73.0 Å². The average molecular weight is 534 g/mol. The number of Topliss-reactive ketones (excluding diaryl/α,β-unsaturated/α-hetero) is 1. The predicted octanol–water partition coefficient (Wildman–Crippen LogP) is 4.90. The molecule has 0 amide bonds. The van der Waals surface area contributed by atoms with Gasteiger partial charge >= 0.3 is 5.97 Å². The van der Waals surface area contributed by atoms with E-state index in [1.165, 1.54) is 7.11 Å². The van der Waals surface area contributed by atoms with Gasteiger partial charge in [-0.2, -0.15) is 0 Å². The molecule has 4 saturated carbocycles. The first kappa shape index (κ1) is 29.5. The molecule has 0 aromatic heterocycles. The second-order valence-electron chi connectivity index (χ2n) is 12.8. The zero-order valence-corrected chi connectivity index (χ0v) is 24.1. The molecular formula is C30H47NO7. The number of nitrogens with zero attached hydrogens (tertiary/aromatic N) is 1. The Kier molecular flexibility index (Phi) is 9.24. The second kappa shape index (κ2) is 11.9. The van der Waals surface area contributed by atoms with Crippen LogP contribution in [0.1, 0.15) is 72.1 Å². The molecule has 0 saturated heterocycles. The van der Waals surface area contributed by atoms with Crippen molar-refractivity contribution >= 4 is 11.8 Å². The van der Waals surface area contributed by atoms with E-state index >= 15 is 0 Å².